The molecule has 0 unspecified atom stereocenters. The summed E-state index contributed by atoms with van der Waals surface area (Å²) in [4.78, 5) is 19.7. The van der Waals surface area contributed by atoms with Crippen molar-refractivity contribution in [2.75, 3.05) is 18.4 Å². The highest BCUT2D eigenvalue weighted by molar-refractivity contribution is 6.33. The van der Waals surface area contributed by atoms with Gasteiger partial charge in [-0.3, -0.25) is 9.88 Å². The topological polar surface area (TPSA) is 76.1 Å². The number of anilines is 2. The Morgan fingerprint density at radius 3 is 2.51 bits per heavy atom. The summed E-state index contributed by atoms with van der Waals surface area (Å²) in [6, 6.07) is 11.4. The zero-order valence-electron chi connectivity index (χ0n) is 20.1. The molecule has 0 saturated carbocycles. The molecule has 0 radical (unpaired) electrons. The summed E-state index contributed by atoms with van der Waals surface area (Å²) >= 11 is 6.37. The van der Waals surface area contributed by atoms with E-state index in [1.165, 1.54) is 6.07 Å². The molecule has 4 heterocycles. The Hall–Kier alpha value is -3.34. The molecule has 4 aromatic rings. The molecule has 0 aliphatic carbocycles. The van der Waals surface area contributed by atoms with E-state index in [-0.39, 0.29) is 12.2 Å². The van der Waals surface area contributed by atoms with Crippen molar-refractivity contribution >= 4 is 34.0 Å². The average Bonchev–Trinajstić information content (AvgIpc) is 2.83. The van der Waals surface area contributed by atoms with Gasteiger partial charge in [-0.15, -0.1) is 0 Å². The van der Waals surface area contributed by atoms with Crippen LogP contribution in [0.4, 0.5) is 24.7 Å². The molecule has 192 valence electrons. The first kappa shape index (κ1) is 25.3. The number of hydrogen-bond donors (Lipinski definition) is 1. The standard InChI is InChI=1S/C26H24ClF3N6O/c1-15-12-36(13-16(2)37-15)14-23-34-21-10-17(24-20(27)4-3-9-31-24)5-7-19(21)25(35-23)33-18-6-8-22(32-11-18)26(28,29)30/h3-11,15-16H,12-14H2,1-2H3,(H,33,34,35)/t15-,16+. The van der Waals surface area contributed by atoms with Gasteiger partial charge in [-0.2, -0.15) is 13.2 Å². The summed E-state index contributed by atoms with van der Waals surface area (Å²) in [5.74, 6) is 1.04. The van der Waals surface area contributed by atoms with Crippen molar-refractivity contribution in [2.24, 2.45) is 0 Å². The third-order valence-corrected chi connectivity index (χ3v) is 6.26. The van der Waals surface area contributed by atoms with Crippen molar-refractivity contribution in [2.45, 2.75) is 38.8 Å². The molecule has 1 aliphatic rings. The molecule has 0 amide bonds. The number of rotatable bonds is 5. The zero-order valence-corrected chi connectivity index (χ0v) is 20.9. The Bertz CT molecular complexity index is 1410. The Morgan fingerprint density at radius 1 is 1.05 bits per heavy atom. The lowest BCUT2D eigenvalue weighted by molar-refractivity contribution is -0.141. The van der Waals surface area contributed by atoms with Crippen molar-refractivity contribution in [1.29, 1.82) is 0 Å². The molecule has 37 heavy (non-hydrogen) atoms. The summed E-state index contributed by atoms with van der Waals surface area (Å²) in [7, 11) is 0. The number of hydrogen-bond acceptors (Lipinski definition) is 7. The smallest absolute Gasteiger partial charge is 0.373 e. The van der Waals surface area contributed by atoms with Crippen LogP contribution in [-0.2, 0) is 17.5 Å². The monoisotopic (exact) mass is 528 g/mol. The lowest BCUT2D eigenvalue weighted by atomic mass is 10.1. The molecule has 1 aliphatic heterocycles. The summed E-state index contributed by atoms with van der Waals surface area (Å²) in [5.41, 5.74) is 1.49. The molecule has 0 spiro atoms. The second kappa shape index (κ2) is 10.2. The molecule has 1 saturated heterocycles. The predicted octanol–water partition coefficient (Wildman–Crippen LogP) is 6.11. The molecule has 5 rings (SSSR count). The van der Waals surface area contributed by atoms with Crippen LogP contribution >= 0.6 is 11.6 Å². The molecular formula is C26H24ClF3N6O. The van der Waals surface area contributed by atoms with Gasteiger partial charge in [-0.1, -0.05) is 17.7 Å². The SMILES string of the molecule is C[C@@H]1CN(Cc2nc(Nc3ccc(C(F)(F)F)nc3)c3ccc(-c4ncccc4Cl)cc3n2)C[C@H](C)O1. The second-order valence-electron chi connectivity index (χ2n) is 9.06. The van der Waals surface area contributed by atoms with Gasteiger partial charge in [0.2, 0.25) is 0 Å². The van der Waals surface area contributed by atoms with Gasteiger partial charge in [0.25, 0.3) is 0 Å². The van der Waals surface area contributed by atoms with E-state index >= 15 is 0 Å². The highest BCUT2D eigenvalue weighted by Crippen LogP contribution is 2.32. The average molecular weight is 529 g/mol. The predicted molar refractivity (Wildman–Crippen MR) is 136 cm³/mol. The van der Waals surface area contributed by atoms with E-state index in [2.05, 4.69) is 20.2 Å². The third kappa shape index (κ3) is 5.82. The van der Waals surface area contributed by atoms with Crippen LogP contribution in [0.25, 0.3) is 22.2 Å². The summed E-state index contributed by atoms with van der Waals surface area (Å²) in [5, 5.41) is 4.34. The van der Waals surface area contributed by atoms with E-state index in [0.717, 1.165) is 30.9 Å². The Balaban J connectivity index is 1.54. The van der Waals surface area contributed by atoms with Crippen molar-refractivity contribution in [3.05, 3.63) is 71.4 Å². The van der Waals surface area contributed by atoms with Crippen LogP contribution in [0.5, 0.6) is 0 Å². The van der Waals surface area contributed by atoms with Gasteiger partial charge in [0.1, 0.15) is 17.3 Å². The molecule has 2 atom stereocenters. The van der Waals surface area contributed by atoms with Gasteiger partial charge >= 0.3 is 6.18 Å². The molecule has 3 aromatic heterocycles. The van der Waals surface area contributed by atoms with E-state index in [9.17, 15) is 13.2 Å². The fraction of sp³-hybridized carbons (Fsp3) is 0.308. The number of pyridine rings is 2. The minimum atomic E-state index is -4.51. The van der Waals surface area contributed by atoms with Gasteiger partial charge in [0, 0.05) is 30.2 Å². The first-order valence-electron chi connectivity index (χ1n) is 11.8. The number of benzene rings is 1. The fourth-order valence-electron chi connectivity index (χ4n) is 4.47. The Labute approximate surface area is 216 Å². The molecule has 1 aromatic carbocycles. The van der Waals surface area contributed by atoms with Crippen LogP contribution < -0.4 is 5.32 Å². The van der Waals surface area contributed by atoms with Crippen LogP contribution in [0.1, 0.15) is 25.4 Å². The van der Waals surface area contributed by atoms with Crippen LogP contribution in [0.3, 0.4) is 0 Å². The molecule has 11 heteroatoms. The number of fused-ring (bicyclic) bond motifs is 1. The quantitative estimate of drug-likeness (QED) is 0.335. The maximum absolute atomic E-state index is 13.0. The number of alkyl halides is 3. The van der Waals surface area contributed by atoms with E-state index in [1.54, 1.807) is 18.3 Å². The van der Waals surface area contributed by atoms with E-state index < -0.39 is 11.9 Å². The van der Waals surface area contributed by atoms with Gasteiger partial charge in [0.15, 0.2) is 0 Å². The van der Waals surface area contributed by atoms with Gasteiger partial charge in [0.05, 0.1) is 46.9 Å². The number of ether oxygens (including phenoxy) is 1. The zero-order chi connectivity index (χ0) is 26.2. The summed E-state index contributed by atoms with van der Waals surface area (Å²) in [6.45, 7) is 6.01. The molecular weight excluding hydrogens is 505 g/mol. The van der Waals surface area contributed by atoms with Gasteiger partial charge in [-0.05, 0) is 50.2 Å². The number of nitrogens with one attached hydrogen (secondary N) is 1. The molecule has 1 fully saturated rings. The highest BCUT2D eigenvalue weighted by Gasteiger charge is 2.32. The number of aromatic nitrogens is 4. The van der Waals surface area contributed by atoms with Crippen LogP contribution in [0.15, 0.2) is 54.9 Å². The van der Waals surface area contributed by atoms with E-state index in [0.29, 0.717) is 45.5 Å². The van der Waals surface area contributed by atoms with Crippen molar-refractivity contribution < 1.29 is 17.9 Å². The van der Waals surface area contributed by atoms with Crippen LogP contribution in [0.2, 0.25) is 5.02 Å². The largest absolute Gasteiger partial charge is 0.433 e. The van der Waals surface area contributed by atoms with E-state index in [1.807, 2.05) is 32.0 Å². The fourth-order valence-corrected chi connectivity index (χ4v) is 4.71. The summed E-state index contributed by atoms with van der Waals surface area (Å²) < 4.78 is 44.7. The lowest BCUT2D eigenvalue weighted by Crippen LogP contribution is -2.45. The van der Waals surface area contributed by atoms with E-state index in [4.69, 9.17) is 26.3 Å². The first-order chi connectivity index (χ1) is 17.7. The lowest BCUT2D eigenvalue weighted by Gasteiger charge is -2.34. The molecule has 0 bridgehead atoms. The van der Waals surface area contributed by atoms with Crippen molar-refractivity contribution in [1.82, 2.24) is 24.8 Å². The first-order valence-corrected chi connectivity index (χ1v) is 12.1. The summed E-state index contributed by atoms with van der Waals surface area (Å²) in [6.07, 6.45) is -1.54. The minimum absolute atomic E-state index is 0.0814. The second-order valence-corrected chi connectivity index (χ2v) is 9.47. The Morgan fingerprint density at radius 2 is 1.84 bits per heavy atom. The third-order valence-electron chi connectivity index (χ3n) is 5.95. The van der Waals surface area contributed by atoms with Crippen LogP contribution in [-0.4, -0.2) is 50.1 Å². The van der Waals surface area contributed by atoms with Gasteiger partial charge < -0.3 is 10.1 Å². The maximum atomic E-state index is 13.0. The van der Waals surface area contributed by atoms with Gasteiger partial charge in [-0.25, -0.2) is 15.0 Å². The Kier molecular flexibility index (Phi) is 6.98. The highest BCUT2D eigenvalue weighted by atomic mass is 35.5. The number of halogens is 4. The van der Waals surface area contributed by atoms with Crippen molar-refractivity contribution in [3.8, 4) is 11.3 Å². The minimum Gasteiger partial charge on any atom is -0.373 e. The maximum Gasteiger partial charge on any atom is 0.433 e. The number of nitrogens with zero attached hydrogens (tertiary/aromatic N) is 5. The van der Waals surface area contributed by atoms with Crippen molar-refractivity contribution in [3.63, 3.8) is 0 Å². The molecule has 7 nitrogen and oxygen atoms in total. The molecule has 1 N–H and O–H groups in total. The number of morpholine rings is 1. The normalized spacial score (nSPS) is 18.8. The van der Waals surface area contributed by atoms with Crippen LogP contribution in [0, 0.1) is 0 Å².